The maximum Gasteiger partial charge on any atom is 0.269 e. The van der Waals surface area contributed by atoms with Crippen LogP contribution in [0.15, 0.2) is 53.8 Å². The average Bonchev–Trinajstić information content (AvgIpc) is 3.04. The minimum Gasteiger partial charge on any atom is -0.264 e. The lowest BCUT2D eigenvalue weighted by Crippen LogP contribution is -2.21. The number of aromatic nitrogens is 5. The molecule has 1 unspecified atom stereocenters. The molecule has 0 bridgehead atoms. The molecular weight excluding hydrogens is 276 g/mol. The molecule has 108 valence electrons. The van der Waals surface area contributed by atoms with Gasteiger partial charge in [-0.1, -0.05) is 41.0 Å². The predicted molar refractivity (Wildman–Crippen MR) is 82.2 cm³/mol. The number of aryl methyl sites for hydroxylation is 1. The summed E-state index contributed by atoms with van der Waals surface area (Å²) < 4.78 is 1.78. The highest BCUT2D eigenvalue weighted by Crippen LogP contribution is 2.31. The second-order valence-electron chi connectivity index (χ2n) is 5.35. The van der Waals surface area contributed by atoms with E-state index < -0.39 is 0 Å². The number of hydrogen-bond donors (Lipinski definition) is 0. The number of rotatable bonds is 2. The van der Waals surface area contributed by atoms with Crippen molar-refractivity contribution in [2.75, 3.05) is 0 Å². The maximum absolute atomic E-state index is 4.57. The van der Waals surface area contributed by atoms with Gasteiger partial charge in [0.1, 0.15) is 0 Å². The Morgan fingerprint density at radius 1 is 1.14 bits per heavy atom. The van der Waals surface area contributed by atoms with Crippen molar-refractivity contribution in [2.45, 2.75) is 19.4 Å². The highest BCUT2D eigenvalue weighted by Gasteiger charge is 2.26. The van der Waals surface area contributed by atoms with Crippen molar-refractivity contribution in [2.24, 2.45) is 4.99 Å². The van der Waals surface area contributed by atoms with E-state index in [1.165, 1.54) is 11.1 Å². The Morgan fingerprint density at radius 2 is 2.00 bits per heavy atom. The molecule has 0 saturated carbocycles. The lowest BCUT2D eigenvalue weighted by molar-refractivity contribution is 0.514. The van der Waals surface area contributed by atoms with E-state index in [0.29, 0.717) is 5.95 Å². The molecule has 4 rings (SSSR count). The van der Waals surface area contributed by atoms with Gasteiger partial charge < -0.3 is 0 Å². The maximum atomic E-state index is 4.57. The number of tetrazole rings is 1. The Kier molecular flexibility index (Phi) is 3.00. The van der Waals surface area contributed by atoms with Crippen LogP contribution < -0.4 is 0 Å². The zero-order valence-electron chi connectivity index (χ0n) is 12.1. The molecule has 1 aromatic carbocycles. The van der Waals surface area contributed by atoms with E-state index in [4.69, 9.17) is 0 Å². The molecule has 0 amide bonds. The first-order valence-corrected chi connectivity index (χ1v) is 7.13. The standard InChI is InChI=1S/C16H14N6/c1-11-4-6-12(7-5-11)15-9-14(13-3-2-8-17-10-13)18-16-19-20-21-22(15)16/h2-8,10,15H,9H2,1H3. The summed E-state index contributed by atoms with van der Waals surface area (Å²) in [6.07, 6.45) is 4.33. The van der Waals surface area contributed by atoms with Crippen LogP contribution in [0.2, 0.25) is 0 Å². The molecule has 3 aromatic rings. The number of nitrogens with zero attached hydrogens (tertiary/aromatic N) is 6. The monoisotopic (exact) mass is 290 g/mol. The number of fused-ring (bicyclic) bond motifs is 1. The molecular formula is C16H14N6. The number of benzene rings is 1. The van der Waals surface area contributed by atoms with Gasteiger partial charge in [0, 0.05) is 24.4 Å². The molecule has 1 atom stereocenters. The van der Waals surface area contributed by atoms with Crippen molar-refractivity contribution in [3.05, 3.63) is 65.5 Å². The fourth-order valence-electron chi connectivity index (χ4n) is 2.66. The van der Waals surface area contributed by atoms with Gasteiger partial charge in [0.25, 0.3) is 5.95 Å². The predicted octanol–water partition coefficient (Wildman–Crippen LogP) is 2.49. The summed E-state index contributed by atoms with van der Waals surface area (Å²) in [7, 11) is 0. The molecule has 6 nitrogen and oxygen atoms in total. The second kappa shape index (κ2) is 5.14. The Balaban J connectivity index is 1.79. The third-order valence-corrected chi connectivity index (χ3v) is 3.85. The number of aliphatic imine (C=N–C) groups is 1. The molecule has 0 saturated heterocycles. The van der Waals surface area contributed by atoms with Crippen LogP contribution in [0.3, 0.4) is 0 Å². The minimum atomic E-state index is 0.0540. The smallest absolute Gasteiger partial charge is 0.264 e. The van der Waals surface area contributed by atoms with Crippen molar-refractivity contribution >= 4 is 11.7 Å². The van der Waals surface area contributed by atoms with Gasteiger partial charge in [-0.25, -0.2) is 9.67 Å². The van der Waals surface area contributed by atoms with Crippen molar-refractivity contribution < 1.29 is 0 Å². The van der Waals surface area contributed by atoms with E-state index >= 15 is 0 Å². The Morgan fingerprint density at radius 3 is 2.77 bits per heavy atom. The zero-order valence-corrected chi connectivity index (χ0v) is 12.1. The van der Waals surface area contributed by atoms with Crippen molar-refractivity contribution in [3.63, 3.8) is 0 Å². The van der Waals surface area contributed by atoms with Gasteiger partial charge >= 0.3 is 0 Å². The van der Waals surface area contributed by atoms with Crippen LogP contribution in [0, 0.1) is 6.92 Å². The lowest BCUT2D eigenvalue weighted by Gasteiger charge is -2.22. The summed E-state index contributed by atoms with van der Waals surface area (Å²) in [5.41, 5.74) is 4.38. The normalized spacial score (nSPS) is 17.0. The Bertz CT molecular complexity index is 819. The lowest BCUT2D eigenvalue weighted by atomic mass is 9.96. The molecule has 1 aliphatic heterocycles. The van der Waals surface area contributed by atoms with Crippen LogP contribution >= 0.6 is 0 Å². The molecule has 6 heteroatoms. The summed E-state index contributed by atoms with van der Waals surface area (Å²) in [6.45, 7) is 2.08. The first kappa shape index (κ1) is 12.8. The summed E-state index contributed by atoms with van der Waals surface area (Å²) in [5, 5.41) is 11.9. The molecule has 0 spiro atoms. The molecule has 3 heterocycles. The van der Waals surface area contributed by atoms with Crippen LogP contribution in [-0.4, -0.2) is 30.9 Å². The van der Waals surface area contributed by atoms with E-state index in [9.17, 15) is 0 Å². The minimum absolute atomic E-state index is 0.0540. The van der Waals surface area contributed by atoms with Crippen LogP contribution in [0.5, 0.6) is 0 Å². The van der Waals surface area contributed by atoms with Gasteiger partial charge in [-0.2, -0.15) is 0 Å². The van der Waals surface area contributed by atoms with Gasteiger partial charge in [0.2, 0.25) is 0 Å². The molecule has 22 heavy (non-hydrogen) atoms. The van der Waals surface area contributed by atoms with E-state index in [-0.39, 0.29) is 6.04 Å². The summed E-state index contributed by atoms with van der Waals surface area (Å²) in [5.74, 6) is 0.538. The van der Waals surface area contributed by atoms with Crippen LogP contribution in [-0.2, 0) is 0 Å². The van der Waals surface area contributed by atoms with E-state index in [2.05, 4.69) is 56.7 Å². The van der Waals surface area contributed by atoms with Crippen LogP contribution in [0.4, 0.5) is 5.95 Å². The molecule has 0 aliphatic carbocycles. The highest BCUT2D eigenvalue weighted by molar-refractivity contribution is 6.02. The highest BCUT2D eigenvalue weighted by atomic mass is 15.6. The number of hydrogen-bond acceptors (Lipinski definition) is 5. The van der Waals surface area contributed by atoms with Crippen LogP contribution in [0.1, 0.15) is 29.2 Å². The molecule has 0 radical (unpaired) electrons. The van der Waals surface area contributed by atoms with Crippen molar-refractivity contribution in [1.82, 2.24) is 25.2 Å². The average molecular weight is 290 g/mol. The Hall–Kier alpha value is -2.89. The fourth-order valence-corrected chi connectivity index (χ4v) is 2.66. The fraction of sp³-hybridized carbons (Fsp3) is 0.188. The Labute approximate surface area is 127 Å². The molecule has 2 aromatic heterocycles. The van der Waals surface area contributed by atoms with Gasteiger partial charge in [-0.05, 0) is 29.0 Å². The summed E-state index contributed by atoms with van der Waals surface area (Å²) in [6, 6.07) is 12.4. The van der Waals surface area contributed by atoms with Crippen LogP contribution in [0.25, 0.3) is 0 Å². The molecule has 0 fully saturated rings. The quantitative estimate of drug-likeness (QED) is 0.727. The first-order chi connectivity index (χ1) is 10.8. The van der Waals surface area contributed by atoms with Crippen molar-refractivity contribution in [3.8, 4) is 0 Å². The zero-order chi connectivity index (χ0) is 14.9. The largest absolute Gasteiger partial charge is 0.269 e. The molecule has 0 N–H and O–H groups in total. The van der Waals surface area contributed by atoms with E-state index in [1.54, 1.807) is 10.9 Å². The number of pyridine rings is 1. The SMILES string of the molecule is Cc1ccc(C2CC(c3cccnc3)=Nc3nnnn32)cc1. The molecule has 1 aliphatic rings. The topological polar surface area (TPSA) is 68.8 Å². The van der Waals surface area contributed by atoms with Gasteiger partial charge in [-0.15, -0.1) is 0 Å². The third kappa shape index (κ3) is 2.18. The van der Waals surface area contributed by atoms with Gasteiger partial charge in [0.15, 0.2) is 0 Å². The van der Waals surface area contributed by atoms with E-state index in [1.807, 2.05) is 18.3 Å². The second-order valence-corrected chi connectivity index (χ2v) is 5.35. The third-order valence-electron chi connectivity index (χ3n) is 3.85. The summed E-state index contributed by atoms with van der Waals surface area (Å²) in [4.78, 5) is 8.75. The van der Waals surface area contributed by atoms with Gasteiger partial charge in [-0.3, -0.25) is 4.98 Å². The van der Waals surface area contributed by atoms with Crippen molar-refractivity contribution in [1.29, 1.82) is 0 Å². The first-order valence-electron chi connectivity index (χ1n) is 7.13. The van der Waals surface area contributed by atoms with Gasteiger partial charge in [0.05, 0.1) is 11.8 Å². The summed E-state index contributed by atoms with van der Waals surface area (Å²) >= 11 is 0. The van der Waals surface area contributed by atoms with E-state index in [0.717, 1.165) is 17.7 Å².